The summed E-state index contributed by atoms with van der Waals surface area (Å²) in [4.78, 5) is 24.6. The molecule has 5 aromatic rings. The van der Waals surface area contributed by atoms with Gasteiger partial charge in [0.25, 0.3) is 11.4 Å². The van der Waals surface area contributed by atoms with Crippen LogP contribution in [0.5, 0.6) is 0 Å². The van der Waals surface area contributed by atoms with Gasteiger partial charge in [0.15, 0.2) is 5.69 Å². The van der Waals surface area contributed by atoms with E-state index in [9.17, 15) is 13.6 Å². The molecular formula is C24H20F2N6O3. The van der Waals surface area contributed by atoms with Crippen molar-refractivity contribution >= 4 is 16.6 Å². The standard InChI is InChI=1S/C24H20F2N6O3/c25-15-5-6-16(17(26)13-15)22-28-23(35-29-22)20-21-24(33)31(8-7-30-9-11-34-12-10-30)18-3-1-2-4-19(18)32(21)14-27-20/h1-6,13-14H,7-12H2. The summed E-state index contributed by atoms with van der Waals surface area (Å²) in [5.74, 6) is -1.62. The predicted octanol–water partition coefficient (Wildman–Crippen LogP) is 2.98. The molecule has 11 heteroatoms. The molecule has 1 fully saturated rings. The summed E-state index contributed by atoms with van der Waals surface area (Å²) in [7, 11) is 0. The molecule has 4 heterocycles. The fraction of sp³-hybridized carbons (Fsp3) is 0.250. The van der Waals surface area contributed by atoms with E-state index < -0.39 is 11.6 Å². The molecule has 6 rings (SSSR count). The van der Waals surface area contributed by atoms with Gasteiger partial charge in [-0.1, -0.05) is 17.3 Å². The van der Waals surface area contributed by atoms with Gasteiger partial charge in [0, 0.05) is 32.2 Å². The average Bonchev–Trinajstić information content (AvgIpc) is 3.52. The highest BCUT2D eigenvalue weighted by atomic mass is 19.1. The highest BCUT2D eigenvalue weighted by molar-refractivity contribution is 5.83. The molecule has 3 aromatic heterocycles. The number of aromatic nitrogens is 5. The minimum absolute atomic E-state index is 0.0155. The Kier molecular flexibility index (Phi) is 5.34. The molecule has 0 N–H and O–H groups in total. The number of ether oxygens (including phenoxy) is 1. The Morgan fingerprint density at radius 1 is 1.00 bits per heavy atom. The molecule has 1 aliphatic heterocycles. The number of nitrogens with zero attached hydrogens (tertiary/aromatic N) is 6. The molecule has 0 saturated carbocycles. The SMILES string of the molecule is O=c1c2c(-c3nc(-c4ccc(F)cc4F)no3)ncn2c2ccccc2n1CCN1CCOCC1. The fourth-order valence-electron chi connectivity index (χ4n) is 4.41. The van der Waals surface area contributed by atoms with Crippen LogP contribution in [0, 0.1) is 11.6 Å². The van der Waals surface area contributed by atoms with Gasteiger partial charge in [-0.25, -0.2) is 13.8 Å². The Bertz CT molecular complexity index is 1600. The van der Waals surface area contributed by atoms with Gasteiger partial charge in [-0.3, -0.25) is 14.1 Å². The predicted molar refractivity (Wildman–Crippen MR) is 123 cm³/mol. The van der Waals surface area contributed by atoms with E-state index in [4.69, 9.17) is 9.26 Å². The molecular weight excluding hydrogens is 458 g/mol. The zero-order chi connectivity index (χ0) is 23.9. The fourth-order valence-corrected chi connectivity index (χ4v) is 4.41. The van der Waals surface area contributed by atoms with Crippen LogP contribution in [0.25, 0.3) is 39.5 Å². The summed E-state index contributed by atoms with van der Waals surface area (Å²) in [6, 6.07) is 10.7. The zero-order valence-electron chi connectivity index (χ0n) is 18.5. The van der Waals surface area contributed by atoms with Crippen molar-refractivity contribution < 1.29 is 18.0 Å². The molecule has 0 atom stereocenters. The number of benzene rings is 2. The first-order chi connectivity index (χ1) is 17.1. The van der Waals surface area contributed by atoms with Crippen LogP contribution in [0.3, 0.4) is 0 Å². The van der Waals surface area contributed by atoms with Gasteiger partial charge >= 0.3 is 0 Å². The van der Waals surface area contributed by atoms with Gasteiger partial charge in [0.2, 0.25) is 5.82 Å². The van der Waals surface area contributed by atoms with Crippen LogP contribution < -0.4 is 5.56 Å². The number of para-hydroxylation sites is 2. The lowest BCUT2D eigenvalue weighted by Crippen LogP contribution is -2.39. The average molecular weight is 478 g/mol. The number of hydrogen-bond donors (Lipinski definition) is 0. The lowest BCUT2D eigenvalue weighted by atomic mass is 10.2. The molecule has 0 radical (unpaired) electrons. The maximum atomic E-state index is 14.2. The second-order valence-electron chi connectivity index (χ2n) is 8.26. The molecule has 0 unspecified atom stereocenters. The number of rotatable bonds is 5. The summed E-state index contributed by atoms with van der Waals surface area (Å²) in [6.45, 7) is 4.16. The zero-order valence-corrected chi connectivity index (χ0v) is 18.5. The monoisotopic (exact) mass is 478 g/mol. The van der Waals surface area contributed by atoms with Crippen LogP contribution in [-0.2, 0) is 11.3 Å². The van der Waals surface area contributed by atoms with E-state index in [1.165, 1.54) is 12.4 Å². The molecule has 9 nitrogen and oxygen atoms in total. The minimum Gasteiger partial charge on any atom is -0.379 e. The molecule has 2 aromatic carbocycles. The quantitative estimate of drug-likeness (QED) is 0.384. The second-order valence-corrected chi connectivity index (χ2v) is 8.26. The maximum absolute atomic E-state index is 14.2. The third-order valence-corrected chi connectivity index (χ3v) is 6.19. The topological polar surface area (TPSA) is 90.7 Å². The van der Waals surface area contributed by atoms with E-state index in [0.717, 1.165) is 36.3 Å². The van der Waals surface area contributed by atoms with Crippen LogP contribution in [0.2, 0.25) is 0 Å². The maximum Gasteiger partial charge on any atom is 0.279 e. The number of halogens is 2. The molecule has 0 bridgehead atoms. The van der Waals surface area contributed by atoms with Gasteiger partial charge in [-0.15, -0.1) is 0 Å². The molecule has 0 spiro atoms. The van der Waals surface area contributed by atoms with Crippen LogP contribution in [-0.4, -0.2) is 61.8 Å². The van der Waals surface area contributed by atoms with Crippen LogP contribution in [0.4, 0.5) is 8.78 Å². The van der Waals surface area contributed by atoms with Gasteiger partial charge < -0.3 is 13.8 Å². The normalized spacial score (nSPS) is 14.8. The molecule has 35 heavy (non-hydrogen) atoms. The van der Waals surface area contributed by atoms with E-state index >= 15 is 0 Å². The van der Waals surface area contributed by atoms with Gasteiger partial charge in [0.05, 0.1) is 29.8 Å². The van der Waals surface area contributed by atoms with Crippen molar-refractivity contribution in [1.29, 1.82) is 0 Å². The van der Waals surface area contributed by atoms with E-state index in [-0.39, 0.29) is 34.0 Å². The number of fused-ring (bicyclic) bond motifs is 3. The molecule has 0 amide bonds. The minimum atomic E-state index is -0.816. The van der Waals surface area contributed by atoms with Crippen molar-refractivity contribution in [3.63, 3.8) is 0 Å². The summed E-state index contributed by atoms with van der Waals surface area (Å²) in [5.41, 5.74) is 1.78. The molecule has 178 valence electrons. The Morgan fingerprint density at radius 3 is 2.60 bits per heavy atom. The van der Waals surface area contributed by atoms with Crippen LogP contribution >= 0.6 is 0 Å². The Balaban J connectivity index is 1.45. The van der Waals surface area contributed by atoms with Crippen molar-refractivity contribution in [3.8, 4) is 23.0 Å². The number of imidazole rings is 1. The van der Waals surface area contributed by atoms with E-state index in [1.807, 2.05) is 24.3 Å². The smallest absolute Gasteiger partial charge is 0.279 e. The summed E-state index contributed by atoms with van der Waals surface area (Å²) < 4.78 is 41.7. The first-order valence-corrected chi connectivity index (χ1v) is 11.2. The largest absolute Gasteiger partial charge is 0.379 e. The van der Waals surface area contributed by atoms with Crippen molar-refractivity contribution in [1.82, 2.24) is 29.0 Å². The lowest BCUT2D eigenvalue weighted by Gasteiger charge is -2.27. The van der Waals surface area contributed by atoms with E-state index in [1.54, 1.807) is 8.97 Å². The lowest BCUT2D eigenvalue weighted by molar-refractivity contribution is 0.0364. The van der Waals surface area contributed by atoms with Crippen molar-refractivity contribution in [2.75, 3.05) is 32.8 Å². The number of hydrogen-bond acceptors (Lipinski definition) is 7. The second kappa shape index (κ2) is 8.67. The Labute approximate surface area is 197 Å². The third-order valence-electron chi connectivity index (χ3n) is 6.19. The third kappa shape index (κ3) is 3.78. The van der Waals surface area contributed by atoms with E-state index in [0.29, 0.717) is 26.3 Å². The van der Waals surface area contributed by atoms with Gasteiger partial charge in [-0.2, -0.15) is 4.98 Å². The van der Waals surface area contributed by atoms with Gasteiger partial charge in [-0.05, 0) is 24.3 Å². The molecule has 1 aliphatic rings. The molecule has 0 aliphatic carbocycles. The highest BCUT2D eigenvalue weighted by Gasteiger charge is 2.23. The van der Waals surface area contributed by atoms with E-state index in [2.05, 4.69) is 20.0 Å². The number of morpholine rings is 1. The first-order valence-electron chi connectivity index (χ1n) is 11.2. The van der Waals surface area contributed by atoms with Crippen molar-refractivity contribution in [2.24, 2.45) is 0 Å². The Morgan fingerprint density at radius 2 is 1.80 bits per heavy atom. The Hall–Kier alpha value is -3.96. The van der Waals surface area contributed by atoms with Crippen molar-refractivity contribution in [3.05, 3.63) is 70.8 Å². The summed E-state index contributed by atoms with van der Waals surface area (Å²) in [6.07, 6.45) is 1.53. The van der Waals surface area contributed by atoms with Crippen LogP contribution in [0.1, 0.15) is 0 Å². The van der Waals surface area contributed by atoms with Crippen molar-refractivity contribution in [2.45, 2.75) is 6.54 Å². The van der Waals surface area contributed by atoms with Crippen LogP contribution in [0.15, 0.2) is 58.1 Å². The van der Waals surface area contributed by atoms with Gasteiger partial charge in [0.1, 0.15) is 23.5 Å². The summed E-state index contributed by atoms with van der Waals surface area (Å²) in [5, 5.41) is 3.83. The summed E-state index contributed by atoms with van der Waals surface area (Å²) >= 11 is 0. The molecule has 1 saturated heterocycles. The highest BCUT2D eigenvalue weighted by Crippen LogP contribution is 2.27. The first kappa shape index (κ1) is 21.6.